The fourth-order valence-electron chi connectivity index (χ4n) is 1.37. The highest BCUT2D eigenvalue weighted by Gasteiger charge is 2.06. The summed E-state index contributed by atoms with van der Waals surface area (Å²) in [6, 6.07) is 0. The number of hydrogen-bond acceptors (Lipinski definition) is 5. The van der Waals surface area contributed by atoms with Crippen LogP contribution in [0, 0.1) is 6.92 Å². The normalized spacial score (nSPS) is 10.8. The standard InChI is InChI=1S/C11H20N4O2/c1-9-13-14-11(17-9)6-5-10(16)12-7-4-8-15(2)3/h4-8H2,1-3H3,(H,12,16). The van der Waals surface area contributed by atoms with Gasteiger partial charge in [0.2, 0.25) is 17.7 Å². The molecule has 96 valence electrons. The Bertz CT molecular complexity index is 349. The summed E-state index contributed by atoms with van der Waals surface area (Å²) in [6.45, 7) is 3.42. The lowest BCUT2D eigenvalue weighted by Crippen LogP contribution is -2.27. The Hall–Kier alpha value is -1.43. The van der Waals surface area contributed by atoms with E-state index in [1.165, 1.54) is 0 Å². The molecule has 0 aliphatic rings. The van der Waals surface area contributed by atoms with Gasteiger partial charge in [-0.25, -0.2) is 0 Å². The van der Waals surface area contributed by atoms with Crippen molar-refractivity contribution in [3.63, 3.8) is 0 Å². The van der Waals surface area contributed by atoms with Crippen LogP contribution < -0.4 is 5.32 Å². The number of nitrogens with zero attached hydrogens (tertiary/aromatic N) is 3. The van der Waals surface area contributed by atoms with Crippen molar-refractivity contribution >= 4 is 5.91 Å². The minimum absolute atomic E-state index is 0.0274. The zero-order valence-corrected chi connectivity index (χ0v) is 10.7. The molecule has 0 fully saturated rings. The molecule has 0 unspecified atom stereocenters. The third kappa shape index (κ3) is 6.01. The van der Waals surface area contributed by atoms with Gasteiger partial charge in [0, 0.05) is 26.3 Å². The summed E-state index contributed by atoms with van der Waals surface area (Å²) in [7, 11) is 4.03. The van der Waals surface area contributed by atoms with E-state index in [4.69, 9.17) is 4.42 Å². The lowest BCUT2D eigenvalue weighted by molar-refractivity contribution is -0.121. The van der Waals surface area contributed by atoms with Gasteiger partial charge in [0.05, 0.1) is 0 Å². The largest absolute Gasteiger partial charge is 0.426 e. The molecule has 0 atom stereocenters. The summed E-state index contributed by atoms with van der Waals surface area (Å²) in [4.78, 5) is 13.5. The Labute approximate surface area is 101 Å². The highest BCUT2D eigenvalue weighted by atomic mass is 16.4. The lowest BCUT2D eigenvalue weighted by atomic mass is 10.3. The fourth-order valence-corrected chi connectivity index (χ4v) is 1.37. The summed E-state index contributed by atoms with van der Waals surface area (Å²) in [5, 5.41) is 10.4. The lowest BCUT2D eigenvalue weighted by Gasteiger charge is -2.09. The molecule has 17 heavy (non-hydrogen) atoms. The van der Waals surface area contributed by atoms with Crippen molar-refractivity contribution in [1.29, 1.82) is 0 Å². The van der Waals surface area contributed by atoms with Gasteiger partial charge in [0.25, 0.3) is 0 Å². The maximum absolute atomic E-state index is 11.5. The summed E-state index contributed by atoms with van der Waals surface area (Å²) in [5.41, 5.74) is 0. The van der Waals surface area contributed by atoms with Crippen LogP contribution in [0.25, 0.3) is 0 Å². The molecule has 1 aromatic heterocycles. The van der Waals surface area contributed by atoms with Crippen molar-refractivity contribution in [2.75, 3.05) is 27.2 Å². The van der Waals surface area contributed by atoms with E-state index in [1.54, 1.807) is 6.92 Å². The van der Waals surface area contributed by atoms with Gasteiger partial charge in [0.1, 0.15) is 0 Å². The molecule has 6 nitrogen and oxygen atoms in total. The number of carbonyl (C=O) groups is 1. The Morgan fingerprint density at radius 1 is 1.41 bits per heavy atom. The van der Waals surface area contributed by atoms with E-state index in [0.717, 1.165) is 13.0 Å². The molecule has 1 rings (SSSR count). The number of rotatable bonds is 7. The Kier molecular flexibility index (Phi) is 5.62. The van der Waals surface area contributed by atoms with E-state index in [1.807, 2.05) is 14.1 Å². The van der Waals surface area contributed by atoms with Crippen molar-refractivity contribution in [2.24, 2.45) is 0 Å². The topological polar surface area (TPSA) is 71.3 Å². The molecule has 1 N–H and O–H groups in total. The van der Waals surface area contributed by atoms with Crippen LogP contribution in [-0.2, 0) is 11.2 Å². The molecule has 0 radical (unpaired) electrons. The second-order valence-electron chi connectivity index (χ2n) is 4.22. The first kappa shape index (κ1) is 13.6. The van der Waals surface area contributed by atoms with Crippen LogP contribution >= 0.6 is 0 Å². The number of carbonyl (C=O) groups excluding carboxylic acids is 1. The third-order valence-electron chi connectivity index (χ3n) is 2.24. The van der Waals surface area contributed by atoms with E-state index in [0.29, 0.717) is 31.2 Å². The monoisotopic (exact) mass is 240 g/mol. The molecule has 0 aromatic carbocycles. The highest BCUT2D eigenvalue weighted by Crippen LogP contribution is 2.01. The van der Waals surface area contributed by atoms with Gasteiger partial charge in [-0.3, -0.25) is 4.79 Å². The third-order valence-corrected chi connectivity index (χ3v) is 2.24. The molecule has 0 saturated heterocycles. The van der Waals surface area contributed by atoms with Gasteiger partial charge >= 0.3 is 0 Å². The molecule has 0 bridgehead atoms. The van der Waals surface area contributed by atoms with Crippen molar-refractivity contribution in [3.05, 3.63) is 11.8 Å². The molecular weight excluding hydrogens is 220 g/mol. The van der Waals surface area contributed by atoms with Gasteiger partial charge in [0.15, 0.2) is 0 Å². The summed E-state index contributed by atoms with van der Waals surface area (Å²) >= 11 is 0. The van der Waals surface area contributed by atoms with Crippen molar-refractivity contribution < 1.29 is 9.21 Å². The van der Waals surface area contributed by atoms with Crippen LogP contribution in [0.4, 0.5) is 0 Å². The van der Waals surface area contributed by atoms with Crippen LogP contribution in [0.3, 0.4) is 0 Å². The number of hydrogen-bond donors (Lipinski definition) is 1. The molecule has 1 amide bonds. The molecule has 0 aliphatic carbocycles. The minimum Gasteiger partial charge on any atom is -0.426 e. The molecule has 0 aliphatic heterocycles. The van der Waals surface area contributed by atoms with Crippen LogP contribution in [-0.4, -0.2) is 48.2 Å². The number of aryl methyl sites for hydroxylation is 2. The molecule has 6 heteroatoms. The molecule has 1 heterocycles. The van der Waals surface area contributed by atoms with Crippen molar-refractivity contribution in [1.82, 2.24) is 20.4 Å². The van der Waals surface area contributed by atoms with Crippen LogP contribution in [0.5, 0.6) is 0 Å². The van der Waals surface area contributed by atoms with E-state index >= 15 is 0 Å². The number of amides is 1. The molecule has 0 saturated carbocycles. The van der Waals surface area contributed by atoms with E-state index < -0.39 is 0 Å². The average molecular weight is 240 g/mol. The first-order chi connectivity index (χ1) is 8.08. The van der Waals surface area contributed by atoms with Crippen LogP contribution in [0.1, 0.15) is 24.6 Å². The summed E-state index contributed by atoms with van der Waals surface area (Å²) < 4.78 is 5.18. The quantitative estimate of drug-likeness (QED) is 0.698. The predicted octanol–water partition coefficient (Wildman–Crippen LogP) is 0.379. The first-order valence-electron chi connectivity index (χ1n) is 5.78. The zero-order valence-electron chi connectivity index (χ0n) is 10.7. The summed E-state index contributed by atoms with van der Waals surface area (Å²) in [6.07, 6.45) is 1.85. The minimum atomic E-state index is 0.0274. The van der Waals surface area contributed by atoms with Gasteiger partial charge in [-0.15, -0.1) is 10.2 Å². The number of aromatic nitrogens is 2. The first-order valence-corrected chi connectivity index (χ1v) is 5.78. The maximum Gasteiger partial charge on any atom is 0.220 e. The molecule has 1 aromatic rings. The van der Waals surface area contributed by atoms with Crippen LogP contribution in [0.15, 0.2) is 4.42 Å². The van der Waals surface area contributed by atoms with Gasteiger partial charge in [-0.05, 0) is 27.1 Å². The van der Waals surface area contributed by atoms with Crippen LogP contribution in [0.2, 0.25) is 0 Å². The van der Waals surface area contributed by atoms with Gasteiger partial charge in [-0.1, -0.05) is 0 Å². The van der Waals surface area contributed by atoms with E-state index in [2.05, 4.69) is 20.4 Å². The predicted molar refractivity (Wildman–Crippen MR) is 63.5 cm³/mol. The SMILES string of the molecule is Cc1nnc(CCC(=O)NCCCN(C)C)o1. The summed E-state index contributed by atoms with van der Waals surface area (Å²) in [5.74, 6) is 1.08. The Morgan fingerprint density at radius 2 is 2.18 bits per heavy atom. The fraction of sp³-hybridized carbons (Fsp3) is 0.727. The van der Waals surface area contributed by atoms with Gasteiger partial charge in [-0.2, -0.15) is 0 Å². The van der Waals surface area contributed by atoms with E-state index in [9.17, 15) is 4.79 Å². The van der Waals surface area contributed by atoms with E-state index in [-0.39, 0.29) is 5.91 Å². The van der Waals surface area contributed by atoms with Gasteiger partial charge < -0.3 is 14.6 Å². The molecule has 0 spiro atoms. The number of nitrogens with one attached hydrogen (secondary N) is 1. The van der Waals surface area contributed by atoms with Crippen molar-refractivity contribution in [2.45, 2.75) is 26.2 Å². The zero-order chi connectivity index (χ0) is 12.7. The smallest absolute Gasteiger partial charge is 0.220 e. The van der Waals surface area contributed by atoms with Crippen molar-refractivity contribution in [3.8, 4) is 0 Å². The molecular formula is C11H20N4O2. The Balaban J connectivity index is 2.09. The maximum atomic E-state index is 11.5. The second-order valence-corrected chi connectivity index (χ2v) is 4.22. The Morgan fingerprint density at radius 3 is 2.76 bits per heavy atom. The second kappa shape index (κ2) is 7.01. The average Bonchev–Trinajstić information content (AvgIpc) is 2.67. The highest BCUT2D eigenvalue weighted by molar-refractivity contribution is 5.75.